The Morgan fingerprint density at radius 1 is 1.12 bits per heavy atom. The maximum Gasteiger partial charge on any atom is 0.313 e. The van der Waals surface area contributed by atoms with Gasteiger partial charge in [0.05, 0.1) is 17.6 Å². The molecule has 0 heterocycles. The van der Waals surface area contributed by atoms with Crippen LogP contribution in [0.4, 0.5) is 0 Å². The first-order valence-electron chi connectivity index (χ1n) is 5.95. The largest absolute Gasteiger partial charge is 0.465 e. The Morgan fingerprint density at radius 2 is 1.59 bits per heavy atom. The molecule has 0 saturated carbocycles. The number of carbonyl (C=O) groups excluding carboxylic acids is 1. The van der Waals surface area contributed by atoms with Crippen molar-refractivity contribution in [3.8, 4) is 0 Å². The average molecular weight is 245 g/mol. The maximum atomic E-state index is 11.9. The van der Waals surface area contributed by atoms with Gasteiger partial charge in [-0.2, -0.15) is 0 Å². The van der Waals surface area contributed by atoms with Crippen molar-refractivity contribution < 1.29 is 14.3 Å². The summed E-state index contributed by atoms with van der Waals surface area (Å²) in [6, 6.07) is 0. The van der Waals surface area contributed by atoms with E-state index in [2.05, 4.69) is 0 Å². The highest BCUT2D eigenvalue weighted by Gasteiger charge is 2.41. The molecule has 0 aromatic heterocycles. The summed E-state index contributed by atoms with van der Waals surface area (Å²) < 4.78 is 10.5. The molecule has 0 atom stereocenters. The molecule has 0 unspecified atom stereocenters. The van der Waals surface area contributed by atoms with Gasteiger partial charge < -0.3 is 15.2 Å². The van der Waals surface area contributed by atoms with Gasteiger partial charge >= 0.3 is 5.97 Å². The van der Waals surface area contributed by atoms with Gasteiger partial charge in [0.25, 0.3) is 0 Å². The van der Waals surface area contributed by atoms with Crippen molar-refractivity contribution in [1.29, 1.82) is 0 Å². The van der Waals surface area contributed by atoms with E-state index in [1.54, 1.807) is 21.0 Å². The number of hydrogen-bond donors (Lipinski definition) is 1. The van der Waals surface area contributed by atoms with E-state index in [1.165, 1.54) is 0 Å². The molecule has 0 aliphatic heterocycles. The smallest absolute Gasteiger partial charge is 0.313 e. The third kappa shape index (κ3) is 4.64. The minimum absolute atomic E-state index is 0.267. The Labute approximate surface area is 105 Å². The number of methoxy groups -OCH3 is 1. The van der Waals surface area contributed by atoms with Crippen LogP contribution in [0.15, 0.2) is 0 Å². The molecule has 0 rings (SSSR count). The summed E-state index contributed by atoms with van der Waals surface area (Å²) in [7, 11) is 1.65. The van der Waals surface area contributed by atoms with Gasteiger partial charge in [0.2, 0.25) is 0 Å². The normalized spacial score (nSPS) is 13.6. The molecule has 2 N–H and O–H groups in total. The molecule has 0 fully saturated rings. The highest BCUT2D eigenvalue weighted by atomic mass is 16.5. The lowest BCUT2D eigenvalue weighted by Gasteiger charge is -2.36. The molecule has 0 spiro atoms. The zero-order valence-electron chi connectivity index (χ0n) is 12.2. The number of ether oxygens (including phenoxy) is 2. The van der Waals surface area contributed by atoms with Crippen LogP contribution in [0, 0.1) is 5.41 Å². The van der Waals surface area contributed by atoms with Crippen molar-refractivity contribution in [3.05, 3.63) is 0 Å². The van der Waals surface area contributed by atoms with Crippen LogP contribution in [-0.4, -0.2) is 30.8 Å². The molecule has 0 aromatic rings. The number of carbonyl (C=O) groups is 1. The number of esters is 1. The van der Waals surface area contributed by atoms with Crippen molar-refractivity contribution >= 4 is 5.97 Å². The highest BCUT2D eigenvalue weighted by molar-refractivity contribution is 5.77. The minimum atomic E-state index is -0.704. The van der Waals surface area contributed by atoms with Crippen LogP contribution in [0.1, 0.15) is 48.0 Å². The summed E-state index contributed by atoms with van der Waals surface area (Å²) in [5, 5.41) is 0. The number of nitrogens with two attached hydrogens (primary N) is 1. The van der Waals surface area contributed by atoms with E-state index in [1.807, 2.05) is 27.7 Å². The molecule has 0 aliphatic carbocycles. The first-order valence-corrected chi connectivity index (χ1v) is 5.95. The molecule has 17 heavy (non-hydrogen) atoms. The van der Waals surface area contributed by atoms with E-state index < -0.39 is 11.0 Å². The molecule has 0 aliphatic rings. The van der Waals surface area contributed by atoms with Crippen LogP contribution in [0.5, 0.6) is 0 Å². The molecule has 0 aromatic carbocycles. The second-order valence-corrected chi connectivity index (χ2v) is 6.20. The van der Waals surface area contributed by atoms with Crippen molar-refractivity contribution in [1.82, 2.24) is 0 Å². The molecule has 0 saturated heterocycles. The molecule has 102 valence electrons. The first-order chi connectivity index (χ1) is 7.44. The lowest BCUT2D eigenvalue weighted by molar-refractivity contribution is -0.158. The topological polar surface area (TPSA) is 61.5 Å². The quantitative estimate of drug-likeness (QED) is 0.728. The van der Waals surface area contributed by atoms with E-state index in [-0.39, 0.29) is 11.6 Å². The Balaban J connectivity index is 4.30. The Bertz CT molecular complexity index is 264. The van der Waals surface area contributed by atoms with E-state index in [0.29, 0.717) is 13.0 Å². The van der Waals surface area contributed by atoms with Crippen LogP contribution in [-0.2, 0) is 14.3 Å². The van der Waals surface area contributed by atoms with Gasteiger partial charge in [-0.15, -0.1) is 0 Å². The van der Waals surface area contributed by atoms with Crippen LogP contribution < -0.4 is 5.73 Å². The SMILES string of the molecule is COC(C)(C)CCOC(=O)C(C)(C)C(C)(C)N. The standard InChI is InChI=1S/C13H27NO3/c1-11(2,16-7)8-9-17-10(15)12(3,4)13(5,6)14/h8-9,14H2,1-7H3. The van der Waals surface area contributed by atoms with E-state index in [0.717, 1.165) is 0 Å². The first kappa shape index (κ1) is 16.4. The monoisotopic (exact) mass is 245 g/mol. The Kier molecular flexibility index (Phi) is 5.16. The van der Waals surface area contributed by atoms with Gasteiger partial charge in [-0.25, -0.2) is 0 Å². The zero-order chi connectivity index (χ0) is 13.9. The fourth-order valence-corrected chi connectivity index (χ4v) is 0.935. The van der Waals surface area contributed by atoms with E-state index in [9.17, 15) is 4.79 Å². The third-order valence-electron chi connectivity index (χ3n) is 3.61. The summed E-state index contributed by atoms with van der Waals surface area (Å²) in [6.45, 7) is 11.5. The van der Waals surface area contributed by atoms with Gasteiger partial charge in [-0.05, 0) is 41.5 Å². The fourth-order valence-electron chi connectivity index (χ4n) is 0.935. The van der Waals surface area contributed by atoms with Crippen molar-refractivity contribution in [2.45, 2.75) is 59.1 Å². The third-order valence-corrected chi connectivity index (χ3v) is 3.61. The van der Waals surface area contributed by atoms with Gasteiger partial charge in [0.1, 0.15) is 0 Å². The van der Waals surface area contributed by atoms with Crippen LogP contribution in [0.3, 0.4) is 0 Å². The van der Waals surface area contributed by atoms with Crippen molar-refractivity contribution in [3.63, 3.8) is 0 Å². The van der Waals surface area contributed by atoms with Gasteiger partial charge in [-0.1, -0.05) is 0 Å². The van der Waals surface area contributed by atoms with Crippen LogP contribution >= 0.6 is 0 Å². The van der Waals surface area contributed by atoms with Crippen molar-refractivity contribution in [2.24, 2.45) is 11.1 Å². The summed E-state index contributed by atoms with van der Waals surface area (Å²) in [5.41, 5.74) is 4.38. The molecule has 0 radical (unpaired) electrons. The van der Waals surface area contributed by atoms with Crippen molar-refractivity contribution in [2.75, 3.05) is 13.7 Å². The lowest BCUT2D eigenvalue weighted by Crippen LogP contribution is -2.52. The van der Waals surface area contributed by atoms with E-state index >= 15 is 0 Å². The molecule has 0 bridgehead atoms. The maximum absolute atomic E-state index is 11.9. The van der Waals surface area contributed by atoms with Crippen LogP contribution in [0.2, 0.25) is 0 Å². The summed E-state index contributed by atoms with van der Waals surface area (Å²) in [4.78, 5) is 11.9. The Morgan fingerprint density at radius 3 is 1.94 bits per heavy atom. The minimum Gasteiger partial charge on any atom is -0.465 e. The second kappa shape index (κ2) is 5.36. The van der Waals surface area contributed by atoms with Crippen LogP contribution in [0.25, 0.3) is 0 Å². The molecule has 4 nitrogen and oxygen atoms in total. The van der Waals surface area contributed by atoms with Gasteiger partial charge in [0.15, 0.2) is 0 Å². The predicted octanol–water partition coefficient (Wildman–Crippen LogP) is 2.11. The zero-order valence-corrected chi connectivity index (χ0v) is 12.2. The van der Waals surface area contributed by atoms with Gasteiger partial charge in [0, 0.05) is 19.1 Å². The molecule has 4 heteroatoms. The average Bonchev–Trinajstić information content (AvgIpc) is 2.15. The molecular formula is C13H27NO3. The fraction of sp³-hybridized carbons (Fsp3) is 0.923. The highest BCUT2D eigenvalue weighted by Crippen LogP contribution is 2.29. The summed E-state index contributed by atoms with van der Waals surface area (Å²) in [5.74, 6) is -0.267. The Hall–Kier alpha value is -0.610. The predicted molar refractivity (Wildman–Crippen MR) is 68.7 cm³/mol. The van der Waals surface area contributed by atoms with E-state index in [4.69, 9.17) is 15.2 Å². The molecular weight excluding hydrogens is 218 g/mol. The summed E-state index contributed by atoms with van der Waals surface area (Å²) in [6.07, 6.45) is 0.663. The molecule has 0 amide bonds. The second-order valence-electron chi connectivity index (χ2n) is 6.20. The lowest BCUT2D eigenvalue weighted by atomic mass is 9.75. The number of rotatable bonds is 6. The summed E-state index contributed by atoms with van der Waals surface area (Å²) >= 11 is 0. The number of hydrogen-bond acceptors (Lipinski definition) is 4. The van der Waals surface area contributed by atoms with Gasteiger partial charge in [-0.3, -0.25) is 4.79 Å².